The molecular weight excluding hydrogens is 516 g/mol. The Bertz CT molecular complexity index is 875. The zero-order valence-electron chi connectivity index (χ0n) is 22.1. The molecular formula is C23H34O15. The Morgan fingerprint density at radius 1 is 0.658 bits per heavy atom. The molecule has 0 aromatic rings. The number of aliphatic hydroxyl groups excluding tert-OH is 1. The van der Waals surface area contributed by atoms with Gasteiger partial charge < -0.3 is 47.7 Å². The van der Waals surface area contributed by atoms with Crippen molar-refractivity contribution in [3.8, 4) is 0 Å². The highest BCUT2D eigenvalue weighted by atomic mass is 16.8. The second-order valence-corrected chi connectivity index (χ2v) is 8.68. The van der Waals surface area contributed by atoms with Crippen LogP contribution in [-0.2, 0) is 66.6 Å². The van der Waals surface area contributed by atoms with Crippen molar-refractivity contribution in [2.75, 3.05) is 13.7 Å². The van der Waals surface area contributed by atoms with Crippen LogP contribution in [-0.4, -0.2) is 110 Å². The number of aliphatic hydroxyl groups is 1. The summed E-state index contributed by atoms with van der Waals surface area (Å²) in [5.41, 5.74) is 0. The van der Waals surface area contributed by atoms with Crippen molar-refractivity contribution in [3.63, 3.8) is 0 Å². The summed E-state index contributed by atoms with van der Waals surface area (Å²) in [5.74, 6) is -3.67. The van der Waals surface area contributed by atoms with Crippen LogP contribution < -0.4 is 0 Å². The first-order valence-electron chi connectivity index (χ1n) is 11.7. The zero-order chi connectivity index (χ0) is 28.7. The quantitative estimate of drug-likeness (QED) is 0.275. The Balaban J connectivity index is 2.41. The fourth-order valence-corrected chi connectivity index (χ4v) is 4.13. The summed E-state index contributed by atoms with van der Waals surface area (Å²) in [5, 5.41) is 11.1. The first kappa shape index (κ1) is 31.4. The van der Waals surface area contributed by atoms with Gasteiger partial charge in [0.15, 0.2) is 37.0 Å². The Kier molecular flexibility index (Phi) is 11.4. The molecule has 2 aliphatic rings. The van der Waals surface area contributed by atoms with Crippen LogP contribution in [0.3, 0.4) is 0 Å². The molecule has 0 unspecified atom stereocenters. The summed E-state index contributed by atoms with van der Waals surface area (Å²) in [7, 11) is 1.25. The summed E-state index contributed by atoms with van der Waals surface area (Å²) in [6.07, 6.45) is -13.3. The van der Waals surface area contributed by atoms with E-state index < -0.39 is 91.3 Å². The average Bonchev–Trinajstić information content (AvgIpc) is 2.79. The molecule has 2 aliphatic heterocycles. The van der Waals surface area contributed by atoms with Gasteiger partial charge in [-0.1, -0.05) is 0 Å². The molecule has 15 nitrogen and oxygen atoms in total. The SMILES string of the molecule is CO[C@@H]1O[C@H](COC(C)=O)[C@H](OC(C)=O)[C@H](O)[C@H]1O[C@@H]1O[C@@H](C)[C@H](OC(C)=O)[C@@H](OC(C)=O)[C@H]1OC(C)=O. The van der Waals surface area contributed by atoms with E-state index in [1.165, 1.54) is 21.0 Å². The molecule has 0 aromatic carbocycles. The van der Waals surface area contributed by atoms with Crippen molar-refractivity contribution in [1.29, 1.82) is 0 Å². The molecule has 216 valence electrons. The van der Waals surface area contributed by atoms with Crippen molar-refractivity contribution >= 4 is 29.8 Å². The number of hydrogen-bond donors (Lipinski definition) is 1. The van der Waals surface area contributed by atoms with Gasteiger partial charge in [-0.3, -0.25) is 24.0 Å². The van der Waals surface area contributed by atoms with E-state index in [1.807, 2.05) is 0 Å². The molecule has 0 amide bonds. The number of carbonyl (C=O) groups excluding carboxylic acids is 5. The lowest BCUT2D eigenvalue weighted by Crippen LogP contribution is -2.65. The molecule has 0 bridgehead atoms. The fourth-order valence-electron chi connectivity index (χ4n) is 4.13. The van der Waals surface area contributed by atoms with Crippen LogP contribution in [0.2, 0.25) is 0 Å². The van der Waals surface area contributed by atoms with Gasteiger partial charge in [-0.2, -0.15) is 0 Å². The summed E-state index contributed by atoms with van der Waals surface area (Å²) in [6, 6.07) is 0. The molecule has 2 saturated heterocycles. The van der Waals surface area contributed by atoms with Crippen molar-refractivity contribution in [2.24, 2.45) is 0 Å². The Hall–Kier alpha value is -2.85. The molecule has 1 N–H and O–H groups in total. The Morgan fingerprint density at radius 3 is 1.66 bits per heavy atom. The van der Waals surface area contributed by atoms with Gasteiger partial charge >= 0.3 is 29.8 Å². The normalized spacial score (nSPS) is 34.9. The lowest BCUT2D eigenvalue weighted by atomic mass is 9.96. The van der Waals surface area contributed by atoms with Gasteiger partial charge in [-0.15, -0.1) is 0 Å². The minimum atomic E-state index is -1.62. The van der Waals surface area contributed by atoms with E-state index in [4.69, 9.17) is 42.6 Å². The van der Waals surface area contributed by atoms with Crippen LogP contribution in [0.25, 0.3) is 0 Å². The third-order valence-electron chi connectivity index (χ3n) is 5.53. The van der Waals surface area contributed by atoms with Gasteiger partial charge in [0.25, 0.3) is 0 Å². The van der Waals surface area contributed by atoms with Crippen LogP contribution in [0.5, 0.6) is 0 Å². The van der Waals surface area contributed by atoms with Gasteiger partial charge in [0.2, 0.25) is 0 Å². The number of rotatable bonds is 9. The summed E-state index contributed by atoms with van der Waals surface area (Å²) in [4.78, 5) is 58.5. The van der Waals surface area contributed by atoms with Crippen LogP contribution in [0.15, 0.2) is 0 Å². The molecule has 0 saturated carbocycles. The van der Waals surface area contributed by atoms with Crippen molar-refractivity contribution in [3.05, 3.63) is 0 Å². The van der Waals surface area contributed by atoms with E-state index in [2.05, 4.69) is 0 Å². The Morgan fingerprint density at radius 2 is 1.16 bits per heavy atom. The highest BCUT2D eigenvalue weighted by molar-refractivity contribution is 5.68. The first-order valence-corrected chi connectivity index (χ1v) is 11.7. The maximum atomic E-state index is 11.9. The third kappa shape index (κ3) is 8.33. The standard InChI is InChI=1S/C23H34O15/c1-9-17(33-11(3)25)20(35-13(5)27)21(36-14(6)28)23(32-9)38-19-16(29)18(34-12(4)26)15(8-31-10(2)24)37-22(19)30-7/h9,15-23,29H,8H2,1-7H3/t9-,15+,16-,17-,18-,19+,20+,21+,22+,23-/m0/s1. The van der Waals surface area contributed by atoms with Gasteiger partial charge in [-0.25, -0.2) is 0 Å². The van der Waals surface area contributed by atoms with Crippen LogP contribution in [0.1, 0.15) is 41.5 Å². The zero-order valence-corrected chi connectivity index (χ0v) is 22.1. The molecule has 2 rings (SSSR count). The fraction of sp³-hybridized carbons (Fsp3) is 0.783. The third-order valence-corrected chi connectivity index (χ3v) is 5.53. The largest absolute Gasteiger partial charge is 0.463 e. The lowest BCUT2D eigenvalue weighted by molar-refractivity contribution is -0.363. The highest BCUT2D eigenvalue weighted by Crippen LogP contribution is 2.34. The van der Waals surface area contributed by atoms with Gasteiger partial charge in [0.05, 0.1) is 6.10 Å². The number of carbonyl (C=O) groups is 5. The topological polar surface area (TPSA) is 189 Å². The van der Waals surface area contributed by atoms with Crippen LogP contribution in [0.4, 0.5) is 0 Å². The summed E-state index contributed by atoms with van der Waals surface area (Å²) in [6.45, 7) is 6.74. The minimum absolute atomic E-state index is 0.372. The highest BCUT2D eigenvalue weighted by Gasteiger charge is 2.55. The van der Waals surface area contributed by atoms with Gasteiger partial charge in [0.1, 0.15) is 24.9 Å². The van der Waals surface area contributed by atoms with Gasteiger partial charge in [-0.05, 0) is 6.92 Å². The average molecular weight is 551 g/mol. The summed E-state index contributed by atoms with van der Waals surface area (Å²) < 4.78 is 48.9. The second kappa shape index (κ2) is 13.8. The maximum absolute atomic E-state index is 11.9. The molecule has 2 heterocycles. The van der Waals surface area contributed by atoms with E-state index in [0.717, 1.165) is 27.7 Å². The minimum Gasteiger partial charge on any atom is -0.463 e. The predicted molar refractivity (Wildman–Crippen MR) is 120 cm³/mol. The van der Waals surface area contributed by atoms with Gasteiger partial charge in [0, 0.05) is 41.7 Å². The molecule has 15 heteroatoms. The Labute approximate surface area is 218 Å². The van der Waals surface area contributed by atoms with Crippen molar-refractivity contribution in [1.82, 2.24) is 0 Å². The number of methoxy groups -OCH3 is 1. The predicted octanol–water partition coefficient (Wildman–Crippen LogP) is -0.861. The molecule has 0 aliphatic carbocycles. The molecule has 2 fully saturated rings. The second-order valence-electron chi connectivity index (χ2n) is 8.68. The molecule has 0 aromatic heterocycles. The smallest absolute Gasteiger partial charge is 0.303 e. The molecule has 0 radical (unpaired) electrons. The summed E-state index contributed by atoms with van der Waals surface area (Å²) >= 11 is 0. The van der Waals surface area contributed by atoms with E-state index in [0.29, 0.717) is 0 Å². The number of esters is 5. The van der Waals surface area contributed by atoms with Crippen molar-refractivity contribution in [2.45, 2.75) is 103 Å². The first-order chi connectivity index (χ1) is 17.7. The maximum Gasteiger partial charge on any atom is 0.303 e. The monoisotopic (exact) mass is 550 g/mol. The molecule has 10 atom stereocenters. The van der Waals surface area contributed by atoms with E-state index in [1.54, 1.807) is 0 Å². The molecule has 38 heavy (non-hydrogen) atoms. The van der Waals surface area contributed by atoms with E-state index in [9.17, 15) is 29.1 Å². The lowest BCUT2D eigenvalue weighted by Gasteiger charge is -2.47. The number of ether oxygens (including phenoxy) is 9. The van der Waals surface area contributed by atoms with Crippen LogP contribution >= 0.6 is 0 Å². The van der Waals surface area contributed by atoms with E-state index >= 15 is 0 Å². The van der Waals surface area contributed by atoms with Crippen molar-refractivity contribution < 1.29 is 71.7 Å². The van der Waals surface area contributed by atoms with Crippen LogP contribution in [0, 0.1) is 0 Å². The molecule has 0 spiro atoms. The number of hydrogen-bond acceptors (Lipinski definition) is 15. The van der Waals surface area contributed by atoms with E-state index in [-0.39, 0.29) is 6.61 Å².